The number of methoxy groups -OCH3 is 1. The monoisotopic (exact) mass is 257 g/mol. The van der Waals surface area contributed by atoms with Crippen LogP contribution in [-0.2, 0) is 4.74 Å². The van der Waals surface area contributed by atoms with Gasteiger partial charge in [0.2, 0.25) is 0 Å². The maximum absolute atomic E-state index is 13.6. The lowest BCUT2D eigenvalue weighted by atomic mass is 10.0. The first kappa shape index (κ1) is 15.1. The Morgan fingerprint density at radius 3 is 2.39 bits per heavy atom. The minimum absolute atomic E-state index is 0.134. The Labute approximate surface area is 107 Å². The van der Waals surface area contributed by atoms with E-state index in [-0.39, 0.29) is 12.1 Å². The van der Waals surface area contributed by atoms with Gasteiger partial charge in [-0.05, 0) is 18.9 Å². The van der Waals surface area contributed by atoms with Crippen molar-refractivity contribution < 1.29 is 13.5 Å². The number of benzene rings is 1. The second-order valence-electron chi connectivity index (χ2n) is 4.86. The Morgan fingerprint density at radius 2 is 1.89 bits per heavy atom. The Hall–Kier alpha value is -1.00. The van der Waals surface area contributed by atoms with Gasteiger partial charge in [-0.1, -0.05) is 19.9 Å². The van der Waals surface area contributed by atoms with Crippen molar-refractivity contribution in [1.29, 1.82) is 0 Å². The van der Waals surface area contributed by atoms with E-state index >= 15 is 0 Å². The van der Waals surface area contributed by atoms with Crippen molar-refractivity contribution in [2.45, 2.75) is 32.9 Å². The van der Waals surface area contributed by atoms with Gasteiger partial charge in [0, 0.05) is 30.8 Å². The summed E-state index contributed by atoms with van der Waals surface area (Å²) in [6.45, 7) is 6.57. The van der Waals surface area contributed by atoms with Gasteiger partial charge < -0.3 is 10.1 Å². The highest BCUT2D eigenvalue weighted by Crippen LogP contribution is 2.19. The zero-order chi connectivity index (χ0) is 13.7. The predicted molar refractivity (Wildman–Crippen MR) is 68.4 cm³/mol. The molecule has 2 nitrogen and oxygen atoms in total. The third-order valence-electron chi connectivity index (χ3n) is 3.04. The first-order valence-electron chi connectivity index (χ1n) is 6.15. The van der Waals surface area contributed by atoms with Crippen LogP contribution in [0.4, 0.5) is 8.78 Å². The van der Waals surface area contributed by atoms with Crippen molar-refractivity contribution in [3.63, 3.8) is 0 Å². The van der Waals surface area contributed by atoms with Crippen LogP contribution >= 0.6 is 0 Å². The second kappa shape index (κ2) is 6.81. The van der Waals surface area contributed by atoms with Gasteiger partial charge in [-0.3, -0.25) is 0 Å². The van der Waals surface area contributed by atoms with Crippen molar-refractivity contribution in [2.24, 2.45) is 5.92 Å². The van der Waals surface area contributed by atoms with Crippen LogP contribution in [-0.4, -0.2) is 19.8 Å². The molecule has 0 aliphatic rings. The highest BCUT2D eigenvalue weighted by Gasteiger charge is 2.18. The van der Waals surface area contributed by atoms with Gasteiger partial charge in [0.15, 0.2) is 0 Å². The molecule has 18 heavy (non-hydrogen) atoms. The number of rotatable bonds is 6. The minimum Gasteiger partial charge on any atom is -0.383 e. The fourth-order valence-electron chi connectivity index (χ4n) is 1.88. The molecule has 0 spiro atoms. The largest absolute Gasteiger partial charge is 0.383 e. The Balaban J connectivity index is 2.76. The average molecular weight is 257 g/mol. The fraction of sp³-hybridized carbons (Fsp3) is 0.571. The number of halogens is 2. The third kappa shape index (κ3) is 4.03. The third-order valence-corrected chi connectivity index (χ3v) is 3.04. The van der Waals surface area contributed by atoms with E-state index in [0.29, 0.717) is 18.1 Å². The lowest BCUT2D eigenvalue weighted by molar-refractivity contribution is 0.141. The van der Waals surface area contributed by atoms with Gasteiger partial charge >= 0.3 is 0 Å². The van der Waals surface area contributed by atoms with Crippen molar-refractivity contribution in [1.82, 2.24) is 5.32 Å². The number of nitrogens with one attached hydrogen (secondary N) is 1. The van der Waals surface area contributed by atoms with E-state index in [2.05, 4.69) is 19.2 Å². The van der Waals surface area contributed by atoms with Crippen LogP contribution in [0, 0.1) is 17.6 Å². The van der Waals surface area contributed by atoms with Crippen LogP contribution < -0.4 is 5.32 Å². The number of ether oxygens (including phenoxy) is 1. The smallest absolute Gasteiger partial charge is 0.130 e. The minimum atomic E-state index is -0.555. The van der Waals surface area contributed by atoms with Crippen molar-refractivity contribution >= 4 is 0 Å². The molecule has 0 radical (unpaired) electrons. The molecule has 1 aromatic carbocycles. The highest BCUT2D eigenvalue weighted by atomic mass is 19.1. The van der Waals surface area contributed by atoms with Gasteiger partial charge in [0.05, 0.1) is 6.61 Å². The quantitative estimate of drug-likeness (QED) is 0.844. The second-order valence-corrected chi connectivity index (χ2v) is 4.86. The summed E-state index contributed by atoms with van der Waals surface area (Å²) in [4.78, 5) is 0. The highest BCUT2D eigenvalue weighted by molar-refractivity contribution is 5.21. The maximum atomic E-state index is 13.6. The fourth-order valence-corrected chi connectivity index (χ4v) is 1.88. The molecule has 1 rings (SSSR count). The summed E-state index contributed by atoms with van der Waals surface area (Å²) in [6, 6.07) is 3.61. The van der Waals surface area contributed by atoms with Crippen LogP contribution in [0.3, 0.4) is 0 Å². The molecule has 0 saturated carbocycles. The summed E-state index contributed by atoms with van der Waals surface area (Å²) >= 11 is 0. The molecule has 2 unspecified atom stereocenters. The van der Waals surface area contributed by atoms with E-state index in [1.54, 1.807) is 7.11 Å². The van der Waals surface area contributed by atoms with Gasteiger partial charge in [-0.2, -0.15) is 0 Å². The number of hydrogen-bond acceptors (Lipinski definition) is 2. The van der Waals surface area contributed by atoms with Crippen LogP contribution in [0.2, 0.25) is 0 Å². The van der Waals surface area contributed by atoms with Crippen LogP contribution in [0.15, 0.2) is 18.2 Å². The van der Waals surface area contributed by atoms with Gasteiger partial charge in [-0.15, -0.1) is 0 Å². The molecular weight excluding hydrogens is 236 g/mol. The molecule has 102 valence electrons. The summed E-state index contributed by atoms with van der Waals surface area (Å²) in [5.41, 5.74) is 0.471. The lowest BCUT2D eigenvalue weighted by Crippen LogP contribution is -2.39. The summed E-state index contributed by atoms with van der Waals surface area (Å²) in [5, 5.41) is 3.31. The molecule has 0 aromatic heterocycles. The molecule has 0 aliphatic carbocycles. The molecule has 1 N–H and O–H groups in total. The van der Waals surface area contributed by atoms with Crippen molar-refractivity contribution in [3.05, 3.63) is 35.4 Å². The van der Waals surface area contributed by atoms with E-state index in [9.17, 15) is 8.78 Å². The van der Waals surface area contributed by atoms with E-state index in [1.165, 1.54) is 12.1 Å². The topological polar surface area (TPSA) is 21.3 Å². The molecule has 2 atom stereocenters. The SMILES string of the molecule is COCC(NC(C)c1ccc(F)cc1F)C(C)C. The van der Waals surface area contributed by atoms with E-state index in [0.717, 1.165) is 6.07 Å². The van der Waals surface area contributed by atoms with Crippen molar-refractivity contribution in [2.75, 3.05) is 13.7 Å². The van der Waals surface area contributed by atoms with Crippen LogP contribution in [0.25, 0.3) is 0 Å². The van der Waals surface area contributed by atoms with Crippen LogP contribution in [0.1, 0.15) is 32.4 Å². The summed E-state index contributed by atoms with van der Waals surface area (Å²) in [5.74, 6) is -0.702. The van der Waals surface area contributed by atoms with Crippen molar-refractivity contribution in [3.8, 4) is 0 Å². The molecule has 0 heterocycles. The molecule has 0 fully saturated rings. The summed E-state index contributed by atoms with van der Waals surface area (Å²) in [7, 11) is 1.64. The van der Waals surface area contributed by atoms with E-state index in [4.69, 9.17) is 4.74 Å². The maximum Gasteiger partial charge on any atom is 0.130 e. The molecule has 0 bridgehead atoms. The first-order valence-corrected chi connectivity index (χ1v) is 6.15. The molecule has 1 aromatic rings. The Bertz CT molecular complexity index is 382. The Kier molecular flexibility index (Phi) is 5.69. The summed E-state index contributed by atoms with van der Waals surface area (Å²) in [6.07, 6.45) is 0. The van der Waals surface area contributed by atoms with E-state index < -0.39 is 11.6 Å². The zero-order valence-corrected chi connectivity index (χ0v) is 11.3. The predicted octanol–water partition coefficient (Wildman–Crippen LogP) is 3.29. The molecular formula is C14H21F2NO. The molecule has 0 amide bonds. The van der Waals surface area contributed by atoms with Gasteiger partial charge in [0.25, 0.3) is 0 Å². The average Bonchev–Trinajstić information content (AvgIpc) is 2.27. The Morgan fingerprint density at radius 1 is 1.22 bits per heavy atom. The lowest BCUT2D eigenvalue weighted by Gasteiger charge is -2.26. The zero-order valence-electron chi connectivity index (χ0n) is 11.3. The van der Waals surface area contributed by atoms with Gasteiger partial charge in [0.1, 0.15) is 11.6 Å². The van der Waals surface area contributed by atoms with Crippen LogP contribution in [0.5, 0.6) is 0 Å². The molecule has 0 saturated heterocycles. The molecule has 0 aliphatic heterocycles. The molecule has 4 heteroatoms. The van der Waals surface area contributed by atoms with E-state index in [1.807, 2.05) is 6.92 Å². The van der Waals surface area contributed by atoms with Gasteiger partial charge in [-0.25, -0.2) is 8.78 Å². The normalized spacial score (nSPS) is 14.8. The number of hydrogen-bond donors (Lipinski definition) is 1. The first-order chi connectivity index (χ1) is 8.45. The standard InChI is InChI=1S/C14H21F2NO/c1-9(2)14(8-18-4)17-10(3)12-6-5-11(15)7-13(12)16/h5-7,9-10,14,17H,8H2,1-4H3. The summed E-state index contributed by atoms with van der Waals surface area (Å²) < 4.78 is 31.6.